The number of hydrogen-bond donors (Lipinski definition) is 0. The third-order valence-corrected chi connectivity index (χ3v) is 4.55. The van der Waals surface area contributed by atoms with E-state index in [1.54, 1.807) is 0 Å². The van der Waals surface area contributed by atoms with Crippen molar-refractivity contribution in [2.45, 2.75) is 64.7 Å². The Balaban J connectivity index is 3.10. The average Bonchev–Trinajstić information content (AvgIpc) is 2.27. The van der Waals surface area contributed by atoms with Crippen molar-refractivity contribution >= 4 is 15.9 Å². The van der Waals surface area contributed by atoms with Crippen LogP contribution in [0, 0.1) is 0 Å². The summed E-state index contributed by atoms with van der Waals surface area (Å²) in [5.74, 6) is 0. The molecule has 0 radical (unpaired) electrons. The lowest BCUT2D eigenvalue weighted by Crippen LogP contribution is -2.38. The van der Waals surface area contributed by atoms with Gasteiger partial charge in [0.1, 0.15) is 5.45 Å². The molecule has 0 aromatic carbocycles. The summed E-state index contributed by atoms with van der Waals surface area (Å²) in [7, 11) is 4.58. The summed E-state index contributed by atoms with van der Waals surface area (Å²) in [4.78, 5) is 0. The van der Waals surface area contributed by atoms with E-state index >= 15 is 0 Å². The second-order valence-corrected chi connectivity index (χ2v) is 6.11. The molecule has 0 amide bonds. The Labute approximate surface area is 111 Å². The first-order valence-electron chi connectivity index (χ1n) is 7.00. The Morgan fingerprint density at radius 1 is 0.750 bits per heavy atom. The van der Waals surface area contributed by atoms with E-state index in [1.165, 1.54) is 64.3 Å². The molecule has 0 aliphatic heterocycles. The van der Waals surface area contributed by atoms with Gasteiger partial charge in [-0.05, 0) is 28.8 Å². The molecule has 0 fully saturated rings. The molecule has 0 aliphatic rings. The third kappa shape index (κ3) is 10.9. The number of quaternary nitrogens is 1. The van der Waals surface area contributed by atoms with Crippen LogP contribution in [0.2, 0.25) is 0 Å². The Hall–Kier alpha value is 0.440. The van der Waals surface area contributed by atoms with Crippen LogP contribution >= 0.6 is 15.9 Å². The van der Waals surface area contributed by atoms with Crippen LogP contribution in [0.1, 0.15) is 64.7 Å². The number of rotatable bonds is 11. The molecule has 0 bridgehead atoms. The van der Waals surface area contributed by atoms with Crippen LogP contribution in [0.25, 0.3) is 0 Å². The lowest BCUT2D eigenvalue weighted by Gasteiger charge is -2.26. The summed E-state index contributed by atoms with van der Waals surface area (Å²) in [6.07, 6.45) is 12.8. The minimum Gasteiger partial charge on any atom is -0.320 e. The Bertz CT molecular complexity index is 146. The minimum atomic E-state index is 1.07. The first-order chi connectivity index (χ1) is 7.62. The van der Waals surface area contributed by atoms with Gasteiger partial charge < -0.3 is 4.48 Å². The number of hydrogen-bond acceptors (Lipinski definition) is 0. The molecule has 0 spiro atoms. The molecular weight excluding hydrogens is 262 g/mol. The van der Waals surface area contributed by atoms with Crippen LogP contribution in [0.15, 0.2) is 0 Å². The van der Waals surface area contributed by atoms with E-state index in [0.29, 0.717) is 0 Å². The first kappa shape index (κ1) is 16.4. The molecule has 0 aromatic heterocycles. The molecule has 0 saturated heterocycles. The summed E-state index contributed by atoms with van der Waals surface area (Å²) < 4.78 is 1.11. The highest BCUT2D eigenvalue weighted by atomic mass is 79.9. The van der Waals surface area contributed by atoms with Crippen molar-refractivity contribution in [2.75, 3.05) is 26.1 Å². The van der Waals surface area contributed by atoms with Gasteiger partial charge in [0.05, 0.1) is 20.6 Å². The second-order valence-electron chi connectivity index (χ2n) is 5.61. The Morgan fingerprint density at radius 3 is 1.62 bits per heavy atom. The quantitative estimate of drug-likeness (QED) is 0.219. The molecule has 1 nitrogen and oxygen atoms in total. The average molecular weight is 293 g/mol. The highest BCUT2D eigenvalue weighted by Crippen LogP contribution is 2.11. The van der Waals surface area contributed by atoms with Crippen molar-refractivity contribution in [3.8, 4) is 0 Å². The molecule has 0 atom stereocenters. The van der Waals surface area contributed by atoms with E-state index in [0.717, 1.165) is 9.94 Å². The summed E-state index contributed by atoms with van der Waals surface area (Å²) in [5.41, 5.74) is 1.07. The van der Waals surface area contributed by atoms with Gasteiger partial charge >= 0.3 is 0 Å². The van der Waals surface area contributed by atoms with Crippen molar-refractivity contribution < 1.29 is 4.48 Å². The summed E-state index contributed by atoms with van der Waals surface area (Å²) in [6.45, 7) is 3.59. The number of alkyl halides is 1. The van der Waals surface area contributed by atoms with Crippen LogP contribution in [0.5, 0.6) is 0 Å². The van der Waals surface area contributed by atoms with Crippen molar-refractivity contribution in [1.29, 1.82) is 0 Å². The number of halogens is 1. The second kappa shape index (κ2) is 10.6. The minimum absolute atomic E-state index is 1.07. The molecular formula is C14H31BrN+. The SMILES string of the molecule is CCCCCCCCCCC[N+](C)(C)CBr. The third-order valence-electron chi connectivity index (χ3n) is 3.19. The molecule has 0 heterocycles. The molecule has 98 valence electrons. The molecule has 0 N–H and O–H groups in total. The van der Waals surface area contributed by atoms with Crippen LogP contribution in [0.4, 0.5) is 0 Å². The van der Waals surface area contributed by atoms with E-state index < -0.39 is 0 Å². The van der Waals surface area contributed by atoms with E-state index in [-0.39, 0.29) is 0 Å². The molecule has 0 rings (SSSR count). The van der Waals surface area contributed by atoms with Gasteiger partial charge in [-0.2, -0.15) is 0 Å². The highest BCUT2D eigenvalue weighted by molar-refractivity contribution is 9.09. The van der Waals surface area contributed by atoms with Gasteiger partial charge in [0, 0.05) is 0 Å². The maximum Gasteiger partial charge on any atom is 0.133 e. The topological polar surface area (TPSA) is 0 Å². The summed E-state index contributed by atoms with van der Waals surface area (Å²) in [6, 6.07) is 0. The molecule has 16 heavy (non-hydrogen) atoms. The van der Waals surface area contributed by atoms with Gasteiger partial charge in [-0.1, -0.05) is 51.9 Å². The normalized spacial score (nSPS) is 12.0. The standard InChI is InChI=1S/C14H31BrN/c1-4-5-6-7-8-9-10-11-12-13-16(2,3)14-15/h4-14H2,1-3H3/q+1. The fraction of sp³-hybridized carbons (Fsp3) is 1.00. The molecule has 0 aromatic rings. The fourth-order valence-electron chi connectivity index (χ4n) is 1.91. The van der Waals surface area contributed by atoms with Crippen molar-refractivity contribution in [1.82, 2.24) is 0 Å². The van der Waals surface area contributed by atoms with Gasteiger partial charge in [-0.3, -0.25) is 0 Å². The van der Waals surface area contributed by atoms with Crippen molar-refractivity contribution in [3.05, 3.63) is 0 Å². The summed E-state index contributed by atoms with van der Waals surface area (Å²) >= 11 is 3.56. The number of unbranched alkanes of at least 4 members (excludes halogenated alkanes) is 8. The fourth-order valence-corrected chi connectivity index (χ4v) is 2.16. The van der Waals surface area contributed by atoms with Crippen LogP contribution < -0.4 is 0 Å². The van der Waals surface area contributed by atoms with Gasteiger partial charge in [0.15, 0.2) is 0 Å². The monoisotopic (exact) mass is 292 g/mol. The van der Waals surface area contributed by atoms with Gasteiger partial charge in [0.25, 0.3) is 0 Å². The smallest absolute Gasteiger partial charge is 0.133 e. The molecule has 2 heteroatoms. The molecule has 0 saturated carbocycles. The maximum absolute atomic E-state index is 3.56. The highest BCUT2D eigenvalue weighted by Gasteiger charge is 2.10. The lowest BCUT2D eigenvalue weighted by molar-refractivity contribution is -0.876. The first-order valence-corrected chi connectivity index (χ1v) is 8.12. The predicted molar refractivity (Wildman–Crippen MR) is 78.0 cm³/mol. The zero-order chi connectivity index (χ0) is 12.3. The van der Waals surface area contributed by atoms with Crippen molar-refractivity contribution in [3.63, 3.8) is 0 Å². The predicted octanol–water partition coefficient (Wildman–Crippen LogP) is 4.95. The Morgan fingerprint density at radius 2 is 1.19 bits per heavy atom. The van der Waals surface area contributed by atoms with Crippen LogP contribution in [0.3, 0.4) is 0 Å². The van der Waals surface area contributed by atoms with E-state index in [4.69, 9.17) is 0 Å². The van der Waals surface area contributed by atoms with E-state index in [2.05, 4.69) is 36.9 Å². The van der Waals surface area contributed by atoms with E-state index in [9.17, 15) is 0 Å². The van der Waals surface area contributed by atoms with Crippen LogP contribution in [-0.4, -0.2) is 30.6 Å². The zero-order valence-electron chi connectivity index (χ0n) is 11.6. The van der Waals surface area contributed by atoms with Gasteiger partial charge in [-0.15, -0.1) is 0 Å². The van der Waals surface area contributed by atoms with E-state index in [1.807, 2.05) is 0 Å². The lowest BCUT2D eigenvalue weighted by atomic mass is 10.1. The number of nitrogens with zero attached hydrogens (tertiary/aromatic N) is 1. The van der Waals surface area contributed by atoms with Gasteiger partial charge in [0.2, 0.25) is 0 Å². The zero-order valence-corrected chi connectivity index (χ0v) is 13.2. The molecule has 0 unspecified atom stereocenters. The summed E-state index contributed by atoms with van der Waals surface area (Å²) in [5, 5.41) is 0. The van der Waals surface area contributed by atoms with Crippen LogP contribution in [-0.2, 0) is 0 Å². The maximum atomic E-state index is 3.56. The molecule has 0 aliphatic carbocycles. The largest absolute Gasteiger partial charge is 0.320 e. The van der Waals surface area contributed by atoms with Crippen molar-refractivity contribution in [2.24, 2.45) is 0 Å². The Kier molecular flexibility index (Phi) is 10.9. The van der Waals surface area contributed by atoms with Gasteiger partial charge in [-0.25, -0.2) is 0 Å².